The summed E-state index contributed by atoms with van der Waals surface area (Å²) < 4.78 is 5.06. The topological polar surface area (TPSA) is 66.8 Å². The number of ether oxygens (including phenoxy) is 1. The van der Waals surface area contributed by atoms with Crippen LogP contribution < -0.4 is 0 Å². The van der Waals surface area contributed by atoms with Crippen molar-refractivity contribution >= 4 is 11.9 Å². The summed E-state index contributed by atoms with van der Waals surface area (Å²) >= 11 is 0. The van der Waals surface area contributed by atoms with Crippen LogP contribution in [0.5, 0.6) is 0 Å². The van der Waals surface area contributed by atoms with E-state index in [9.17, 15) is 14.7 Å². The molecule has 3 rings (SSSR count). The zero-order chi connectivity index (χ0) is 15.7. The minimum absolute atomic E-state index is 0.0704. The van der Waals surface area contributed by atoms with E-state index < -0.39 is 11.4 Å². The number of fused-ring (bicyclic) bond motifs is 1. The van der Waals surface area contributed by atoms with Gasteiger partial charge >= 0.3 is 5.97 Å². The van der Waals surface area contributed by atoms with Crippen LogP contribution >= 0.6 is 0 Å². The predicted octanol–water partition coefficient (Wildman–Crippen LogP) is 2.16. The number of carboxylic acids is 1. The van der Waals surface area contributed by atoms with Crippen molar-refractivity contribution < 1.29 is 19.4 Å². The van der Waals surface area contributed by atoms with Crippen LogP contribution in [-0.2, 0) is 16.1 Å². The Kier molecular flexibility index (Phi) is 3.91. The number of likely N-dealkylation sites (tertiary alicyclic amines) is 1. The molecule has 1 saturated heterocycles. The number of nitrogens with zero attached hydrogens (tertiary/aromatic N) is 1. The number of hydrogen-bond donors (Lipinski definition) is 1. The first-order valence-corrected chi connectivity index (χ1v) is 7.67. The van der Waals surface area contributed by atoms with Crippen molar-refractivity contribution in [2.75, 3.05) is 20.2 Å². The Morgan fingerprint density at radius 2 is 2.09 bits per heavy atom. The van der Waals surface area contributed by atoms with E-state index >= 15 is 0 Å². The van der Waals surface area contributed by atoms with Crippen molar-refractivity contribution in [2.24, 2.45) is 11.3 Å². The molecule has 1 aromatic carbocycles. The number of rotatable bonds is 4. The number of benzene rings is 1. The molecule has 0 aromatic heterocycles. The summed E-state index contributed by atoms with van der Waals surface area (Å²) in [4.78, 5) is 26.0. The van der Waals surface area contributed by atoms with E-state index in [-0.39, 0.29) is 11.8 Å². The summed E-state index contributed by atoms with van der Waals surface area (Å²) in [6.07, 6.45) is 2.54. The predicted molar refractivity (Wildman–Crippen MR) is 80.5 cm³/mol. The van der Waals surface area contributed by atoms with E-state index in [0.29, 0.717) is 31.7 Å². The minimum Gasteiger partial charge on any atom is -0.481 e. The maximum atomic E-state index is 12.6. The van der Waals surface area contributed by atoms with Gasteiger partial charge in [0.05, 0.1) is 12.0 Å². The normalized spacial score (nSPS) is 27.0. The van der Waals surface area contributed by atoms with Crippen molar-refractivity contribution in [1.29, 1.82) is 0 Å². The monoisotopic (exact) mass is 303 g/mol. The molecule has 1 aromatic rings. The molecular formula is C17H21NO4. The average molecular weight is 303 g/mol. The Morgan fingerprint density at radius 3 is 2.68 bits per heavy atom. The van der Waals surface area contributed by atoms with Crippen molar-refractivity contribution in [1.82, 2.24) is 4.90 Å². The molecule has 0 spiro atoms. The molecule has 1 heterocycles. The van der Waals surface area contributed by atoms with Crippen LogP contribution in [0.15, 0.2) is 24.3 Å². The number of aliphatic carboxylic acids is 1. The molecule has 1 aliphatic heterocycles. The largest absolute Gasteiger partial charge is 0.481 e. The number of amides is 1. The first-order valence-electron chi connectivity index (χ1n) is 7.67. The van der Waals surface area contributed by atoms with Gasteiger partial charge in [-0.2, -0.15) is 0 Å². The highest BCUT2D eigenvalue weighted by Gasteiger charge is 2.55. The van der Waals surface area contributed by atoms with Gasteiger partial charge in [0.15, 0.2) is 0 Å². The van der Waals surface area contributed by atoms with Gasteiger partial charge < -0.3 is 14.7 Å². The lowest BCUT2D eigenvalue weighted by Crippen LogP contribution is -2.37. The Labute approximate surface area is 129 Å². The van der Waals surface area contributed by atoms with E-state index in [2.05, 4.69) is 0 Å². The molecule has 2 atom stereocenters. The second kappa shape index (κ2) is 5.72. The minimum atomic E-state index is -0.749. The van der Waals surface area contributed by atoms with E-state index in [0.717, 1.165) is 18.4 Å². The highest BCUT2D eigenvalue weighted by molar-refractivity contribution is 5.95. The van der Waals surface area contributed by atoms with Gasteiger partial charge in [-0.1, -0.05) is 18.6 Å². The van der Waals surface area contributed by atoms with Gasteiger partial charge in [-0.05, 0) is 36.5 Å². The fourth-order valence-corrected chi connectivity index (χ4v) is 3.89. The van der Waals surface area contributed by atoms with E-state index in [1.165, 1.54) is 0 Å². The Balaban J connectivity index is 1.75. The molecule has 0 radical (unpaired) electrons. The fraction of sp³-hybridized carbons (Fsp3) is 0.529. The molecule has 0 unspecified atom stereocenters. The molecule has 1 amide bonds. The van der Waals surface area contributed by atoms with Crippen molar-refractivity contribution in [3.8, 4) is 0 Å². The second-order valence-electron chi connectivity index (χ2n) is 6.37. The summed E-state index contributed by atoms with van der Waals surface area (Å²) in [7, 11) is 1.63. The van der Waals surface area contributed by atoms with Crippen LogP contribution in [0.25, 0.3) is 0 Å². The van der Waals surface area contributed by atoms with Crippen molar-refractivity contribution in [2.45, 2.75) is 25.9 Å². The Bertz CT molecular complexity index is 583. The lowest BCUT2D eigenvalue weighted by molar-refractivity contribution is -0.149. The Morgan fingerprint density at radius 1 is 1.36 bits per heavy atom. The first-order chi connectivity index (χ1) is 10.6. The summed E-state index contributed by atoms with van der Waals surface area (Å²) in [5.74, 6) is -0.721. The van der Waals surface area contributed by atoms with Crippen LogP contribution in [0.1, 0.15) is 35.2 Å². The molecule has 1 N–H and O–H groups in total. The maximum absolute atomic E-state index is 12.6. The molecule has 2 aliphatic rings. The van der Waals surface area contributed by atoms with Gasteiger partial charge in [-0.25, -0.2) is 0 Å². The molecule has 2 fully saturated rings. The second-order valence-corrected chi connectivity index (χ2v) is 6.37. The lowest BCUT2D eigenvalue weighted by atomic mass is 9.81. The molecule has 1 aliphatic carbocycles. The third kappa shape index (κ3) is 2.39. The van der Waals surface area contributed by atoms with E-state index in [1.807, 2.05) is 12.1 Å². The van der Waals surface area contributed by atoms with Crippen LogP contribution in [0.3, 0.4) is 0 Å². The standard InChI is InChI=1S/C17H21NO4/c1-22-10-12-4-6-13(7-5-12)15(19)18-9-14-3-2-8-17(14,11-18)16(20)21/h4-7,14H,2-3,8-11H2,1H3,(H,20,21)/t14-,17+/m0/s1. The average Bonchev–Trinajstić information content (AvgIpc) is 3.05. The number of hydrogen-bond acceptors (Lipinski definition) is 3. The van der Waals surface area contributed by atoms with Crippen LogP contribution in [0.2, 0.25) is 0 Å². The smallest absolute Gasteiger partial charge is 0.311 e. The third-order valence-corrected chi connectivity index (χ3v) is 5.10. The van der Waals surface area contributed by atoms with Gasteiger partial charge in [0.25, 0.3) is 5.91 Å². The summed E-state index contributed by atoms with van der Waals surface area (Å²) in [6.45, 7) is 1.42. The SMILES string of the molecule is COCc1ccc(C(=O)N2C[C@@H]3CCC[C@@]3(C(=O)O)C2)cc1. The molecule has 5 heteroatoms. The van der Waals surface area contributed by atoms with Gasteiger partial charge in [-0.3, -0.25) is 9.59 Å². The van der Waals surface area contributed by atoms with E-state index in [1.54, 1.807) is 24.1 Å². The van der Waals surface area contributed by atoms with Crippen molar-refractivity contribution in [3.05, 3.63) is 35.4 Å². The number of carbonyl (C=O) groups excluding carboxylic acids is 1. The Hall–Kier alpha value is -1.88. The summed E-state index contributed by atoms with van der Waals surface area (Å²) in [5.41, 5.74) is 0.908. The summed E-state index contributed by atoms with van der Waals surface area (Å²) in [6, 6.07) is 7.33. The molecule has 1 saturated carbocycles. The first kappa shape index (κ1) is 15.0. The van der Waals surface area contributed by atoms with Crippen LogP contribution in [0.4, 0.5) is 0 Å². The number of carbonyl (C=O) groups is 2. The zero-order valence-corrected chi connectivity index (χ0v) is 12.7. The van der Waals surface area contributed by atoms with E-state index in [4.69, 9.17) is 4.74 Å². The van der Waals surface area contributed by atoms with Gasteiger partial charge in [-0.15, -0.1) is 0 Å². The quantitative estimate of drug-likeness (QED) is 0.925. The van der Waals surface area contributed by atoms with Crippen molar-refractivity contribution in [3.63, 3.8) is 0 Å². The molecule has 118 valence electrons. The summed E-state index contributed by atoms with van der Waals surface area (Å²) in [5, 5.41) is 9.59. The molecular weight excluding hydrogens is 282 g/mol. The zero-order valence-electron chi connectivity index (χ0n) is 12.7. The highest BCUT2D eigenvalue weighted by atomic mass is 16.5. The number of carboxylic acid groups (broad SMARTS) is 1. The third-order valence-electron chi connectivity index (χ3n) is 5.10. The molecule has 5 nitrogen and oxygen atoms in total. The van der Waals surface area contributed by atoms with Gasteiger partial charge in [0.1, 0.15) is 0 Å². The van der Waals surface area contributed by atoms with Gasteiger partial charge in [0, 0.05) is 25.8 Å². The highest BCUT2D eigenvalue weighted by Crippen LogP contribution is 2.49. The van der Waals surface area contributed by atoms with Gasteiger partial charge in [0.2, 0.25) is 0 Å². The van der Waals surface area contributed by atoms with Crippen LogP contribution in [-0.4, -0.2) is 42.1 Å². The lowest BCUT2D eigenvalue weighted by Gasteiger charge is -2.23. The molecule has 22 heavy (non-hydrogen) atoms. The molecule has 0 bridgehead atoms. The van der Waals surface area contributed by atoms with Crippen LogP contribution in [0, 0.1) is 11.3 Å². The maximum Gasteiger partial charge on any atom is 0.311 e. The fourth-order valence-electron chi connectivity index (χ4n) is 3.89. The number of methoxy groups -OCH3 is 1.